The van der Waals surface area contributed by atoms with E-state index in [1.54, 1.807) is 21.9 Å². The number of ether oxygens (including phenoxy) is 1. The zero-order valence-electron chi connectivity index (χ0n) is 17.8. The van der Waals surface area contributed by atoms with E-state index in [0.29, 0.717) is 32.6 Å². The van der Waals surface area contributed by atoms with E-state index in [9.17, 15) is 14.0 Å². The highest BCUT2D eigenvalue weighted by molar-refractivity contribution is 5.86. The van der Waals surface area contributed by atoms with E-state index in [0.717, 1.165) is 30.0 Å². The van der Waals surface area contributed by atoms with Crippen molar-refractivity contribution < 1.29 is 18.7 Å². The van der Waals surface area contributed by atoms with Crippen molar-refractivity contribution in [2.45, 2.75) is 32.5 Å². The van der Waals surface area contributed by atoms with Crippen LogP contribution in [0.1, 0.15) is 24.5 Å². The van der Waals surface area contributed by atoms with Crippen molar-refractivity contribution in [3.8, 4) is 5.75 Å². The number of nitrogens with zero attached hydrogens (tertiary/aromatic N) is 3. The molecule has 2 aromatic rings. The van der Waals surface area contributed by atoms with E-state index < -0.39 is 0 Å². The van der Waals surface area contributed by atoms with Gasteiger partial charge in [0.05, 0.1) is 6.54 Å². The Bertz CT molecular complexity index is 934. The number of halogens is 1. The summed E-state index contributed by atoms with van der Waals surface area (Å²) in [5, 5.41) is 0. The van der Waals surface area contributed by atoms with Crippen LogP contribution in [0.3, 0.4) is 0 Å². The number of carbonyl (C=O) groups is 2. The van der Waals surface area contributed by atoms with Crippen LogP contribution in [0, 0.1) is 5.82 Å². The van der Waals surface area contributed by atoms with Crippen molar-refractivity contribution in [1.82, 2.24) is 14.7 Å². The number of fused-ring (bicyclic) bond motifs is 1. The van der Waals surface area contributed by atoms with Gasteiger partial charge in [-0.05, 0) is 30.7 Å². The van der Waals surface area contributed by atoms with Gasteiger partial charge in [-0.15, -0.1) is 0 Å². The molecule has 0 bridgehead atoms. The second-order valence-electron chi connectivity index (χ2n) is 8.28. The maximum Gasteiger partial charge on any atom is 0.242 e. The molecule has 31 heavy (non-hydrogen) atoms. The molecule has 0 aromatic heterocycles. The normalized spacial score (nSPS) is 19.5. The monoisotopic (exact) mass is 425 g/mol. The molecule has 6 nitrogen and oxygen atoms in total. The molecule has 1 fully saturated rings. The first-order valence-corrected chi connectivity index (χ1v) is 10.7. The van der Waals surface area contributed by atoms with Gasteiger partial charge in [-0.1, -0.05) is 30.3 Å². The summed E-state index contributed by atoms with van der Waals surface area (Å²) in [6.07, 6.45) is 0.426. The van der Waals surface area contributed by atoms with Gasteiger partial charge in [0.15, 0.2) is 0 Å². The van der Waals surface area contributed by atoms with Gasteiger partial charge in [-0.3, -0.25) is 14.5 Å². The fourth-order valence-corrected chi connectivity index (χ4v) is 4.15. The lowest BCUT2D eigenvalue weighted by Gasteiger charge is -2.35. The van der Waals surface area contributed by atoms with E-state index in [1.165, 1.54) is 12.1 Å². The van der Waals surface area contributed by atoms with E-state index in [2.05, 4.69) is 11.0 Å². The molecular weight excluding hydrogens is 397 g/mol. The number of hydrogen-bond donors (Lipinski definition) is 0. The van der Waals surface area contributed by atoms with Gasteiger partial charge < -0.3 is 14.5 Å². The lowest BCUT2D eigenvalue weighted by molar-refractivity contribution is -0.145. The molecular formula is C24H28FN3O3. The van der Waals surface area contributed by atoms with E-state index in [4.69, 9.17) is 4.74 Å². The van der Waals surface area contributed by atoms with Crippen LogP contribution in [0.5, 0.6) is 5.75 Å². The SMILES string of the molecule is CC1CN(CCC(=O)N2CCN(Cc3ccc(F)cc3)C(=O)C2)Cc2ccccc2O1. The van der Waals surface area contributed by atoms with Crippen LogP contribution in [-0.4, -0.2) is 65.3 Å². The molecule has 0 saturated carbocycles. The summed E-state index contributed by atoms with van der Waals surface area (Å²) in [4.78, 5) is 30.9. The summed E-state index contributed by atoms with van der Waals surface area (Å²) in [6.45, 7) is 5.72. The molecule has 2 aliphatic heterocycles. The Morgan fingerprint density at radius 1 is 1.10 bits per heavy atom. The Hall–Kier alpha value is -2.93. The first-order valence-electron chi connectivity index (χ1n) is 10.7. The zero-order chi connectivity index (χ0) is 21.8. The number of piperazine rings is 1. The number of amides is 2. The van der Waals surface area contributed by atoms with Gasteiger partial charge in [0.25, 0.3) is 0 Å². The lowest BCUT2D eigenvalue weighted by Crippen LogP contribution is -2.52. The van der Waals surface area contributed by atoms with Crippen molar-refractivity contribution >= 4 is 11.8 Å². The molecule has 1 atom stereocenters. The molecule has 2 amide bonds. The Morgan fingerprint density at radius 2 is 1.87 bits per heavy atom. The Balaban J connectivity index is 1.28. The fourth-order valence-electron chi connectivity index (χ4n) is 4.15. The average molecular weight is 426 g/mol. The summed E-state index contributed by atoms with van der Waals surface area (Å²) >= 11 is 0. The minimum atomic E-state index is -0.292. The van der Waals surface area contributed by atoms with Crippen LogP contribution < -0.4 is 4.74 Å². The van der Waals surface area contributed by atoms with Crippen LogP contribution in [-0.2, 0) is 22.7 Å². The van der Waals surface area contributed by atoms with E-state index in [-0.39, 0.29) is 30.3 Å². The van der Waals surface area contributed by atoms with Gasteiger partial charge in [-0.25, -0.2) is 4.39 Å². The number of carbonyl (C=O) groups excluding carboxylic acids is 2. The first kappa shape index (κ1) is 21.3. The minimum Gasteiger partial charge on any atom is -0.489 e. The van der Waals surface area contributed by atoms with E-state index >= 15 is 0 Å². The highest BCUT2D eigenvalue weighted by Crippen LogP contribution is 2.24. The summed E-state index contributed by atoms with van der Waals surface area (Å²) in [5.74, 6) is 0.543. The largest absolute Gasteiger partial charge is 0.489 e. The molecule has 0 N–H and O–H groups in total. The molecule has 2 heterocycles. The third-order valence-electron chi connectivity index (χ3n) is 5.81. The van der Waals surface area contributed by atoms with E-state index in [1.807, 2.05) is 25.1 Å². The standard InChI is InChI=1S/C24H28FN3O3/c1-18-14-26(16-20-4-2-3-5-22(20)31-18)11-10-23(29)28-13-12-27(24(30)17-28)15-19-6-8-21(25)9-7-19/h2-9,18H,10-17H2,1H3. The molecule has 4 rings (SSSR count). The highest BCUT2D eigenvalue weighted by Gasteiger charge is 2.28. The molecule has 164 valence electrons. The summed E-state index contributed by atoms with van der Waals surface area (Å²) in [6, 6.07) is 14.2. The zero-order valence-corrected chi connectivity index (χ0v) is 17.8. The topological polar surface area (TPSA) is 53.1 Å². The van der Waals surface area contributed by atoms with Crippen molar-refractivity contribution in [3.63, 3.8) is 0 Å². The van der Waals surface area contributed by atoms with Crippen LogP contribution in [0.4, 0.5) is 4.39 Å². The maximum absolute atomic E-state index is 13.1. The highest BCUT2D eigenvalue weighted by atomic mass is 19.1. The Kier molecular flexibility index (Phi) is 6.51. The quantitative estimate of drug-likeness (QED) is 0.739. The van der Waals surface area contributed by atoms with Gasteiger partial charge in [0.1, 0.15) is 17.7 Å². The third kappa shape index (κ3) is 5.41. The van der Waals surface area contributed by atoms with Crippen molar-refractivity contribution in [1.29, 1.82) is 0 Å². The number of rotatable bonds is 5. The number of para-hydroxylation sites is 1. The van der Waals surface area contributed by atoms with Crippen LogP contribution in [0.25, 0.3) is 0 Å². The van der Waals surface area contributed by atoms with Crippen LogP contribution in [0.2, 0.25) is 0 Å². The predicted molar refractivity (Wildman–Crippen MR) is 115 cm³/mol. The second-order valence-corrected chi connectivity index (χ2v) is 8.28. The molecule has 0 radical (unpaired) electrons. The van der Waals surface area contributed by atoms with Gasteiger partial charge in [0.2, 0.25) is 11.8 Å². The second kappa shape index (κ2) is 9.47. The molecule has 2 aromatic carbocycles. The average Bonchev–Trinajstić information content (AvgIpc) is 2.92. The van der Waals surface area contributed by atoms with Crippen molar-refractivity contribution in [3.05, 3.63) is 65.5 Å². The smallest absolute Gasteiger partial charge is 0.242 e. The third-order valence-corrected chi connectivity index (χ3v) is 5.81. The summed E-state index contributed by atoms with van der Waals surface area (Å²) < 4.78 is 19.1. The van der Waals surface area contributed by atoms with Gasteiger partial charge >= 0.3 is 0 Å². The van der Waals surface area contributed by atoms with Crippen molar-refractivity contribution in [2.24, 2.45) is 0 Å². The molecule has 1 saturated heterocycles. The molecule has 1 unspecified atom stereocenters. The Labute approximate surface area is 182 Å². The molecule has 2 aliphatic rings. The molecule has 0 aliphatic carbocycles. The van der Waals surface area contributed by atoms with Crippen LogP contribution >= 0.6 is 0 Å². The number of benzene rings is 2. The lowest BCUT2D eigenvalue weighted by atomic mass is 10.1. The number of hydrogen-bond acceptors (Lipinski definition) is 4. The Morgan fingerprint density at radius 3 is 2.65 bits per heavy atom. The molecule has 7 heteroatoms. The summed E-state index contributed by atoms with van der Waals surface area (Å²) in [7, 11) is 0. The van der Waals surface area contributed by atoms with Crippen molar-refractivity contribution in [2.75, 3.05) is 32.7 Å². The predicted octanol–water partition coefficient (Wildman–Crippen LogP) is 2.67. The first-order chi connectivity index (χ1) is 15.0. The van der Waals surface area contributed by atoms with Crippen LogP contribution in [0.15, 0.2) is 48.5 Å². The van der Waals surface area contributed by atoms with Gasteiger partial charge in [-0.2, -0.15) is 0 Å². The molecule has 0 spiro atoms. The summed E-state index contributed by atoms with van der Waals surface area (Å²) in [5.41, 5.74) is 2.01. The van der Waals surface area contributed by atoms with Gasteiger partial charge in [0, 0.05) is 51.3 Å². The minimum absolute atomic E-state index is 0.000820. The maximum atomic E-state index is 13.1. The fraction of sp³-hybridized carbons (Fsp3) is 0.417.